The number of nitrogens with one attached hydrogen (secondary N) is 1. The van der Waals surface area contributed by atoms with Crippen molar-refractivity contribution in [3.63, 3.8) is 0 Å². The maximum Gasteiger partial charge on any atom is 0.330 e. The zero-order chi connectivity index (χ0) is 16.9. The van der Waals surface area contributed by atoms with E-state index in [1.54, 1.807) is 6.08 Å². The summed E-state index contributed by atoms with van der Waals surface area (Å²) in [6, 6.07) is -0.874. The molecule has 3 atom stereocenters. The van der Waals surface area contributed by atoms with E-state index in [-0.39, 0.29) is 17.9 Å². The summed E-state index contributed by atoms with van der Waals surface area (Å²) in [5.74, 6) is -3.77. The monoisotopic (exact) mass is 311 g/mol. The van der Waals surface area contributed by atoms with Crippen molar-refractivity contribution in [3.8, 4) is 0 Å². The highest BCUT2D eigenvalue weighted by atomic mass is 16.4. The Morgan fingerprint density at radius 3 is 2.27 bits per heavy atom. The van der Waals surface area contributed by atoms with Gasteiger partial charge in [-0.1, -0.05) is 17.7 Å². The van der Waals surface area contributed by atoms with E-state index in [1.807, 2.05) is 13.0 Å². The highest BCUT2D eigenvalue weighted by Gasteiger charge is 2.41. The molecule has 0 aromatic heterocycles. The van der Waals surface area contributed by atoms with Gasteiger partial charge in [-0.2, -0.15) is 0 Å². The second-order valence-electron chi connectivity index (χ2n) is 5.47. The molecule has 22 heavy (non-hydrogen) atoms. The predicted octanol–water partition coefficient (Wildman–Crippen LogP) is 1.12. The molecule has 0 radical (unpaired) electrons. The predicted molar refractivity (Wildman–Crippen MR) is 78.4 cm³/mol. The van der Waals surface area contributed by atoms with Gasteiger partial charge in [0.15, 0.2) is 0 Å². The Morgan fingerprint density at radius 2 is 1.77 bits per heavy atom. The third-order valence-electron chi connectivity index (χ3n) is 3.97. The Balaban J connectivity index is 2.83. The van der Waals surface area contributed by atoms with Crippen molar-refractivity contribution in [2.24, 2.45) is 11.8 Å². The Morgan fingerprint density at radius 1 is 1.14 bits per heavy atom. The SMILES string of the molecule is C/C(=C/C/C=C(\C)[C@H]1CN[C@H](C(=O)O)[C@H]1CC(=O)O)C(=O)O. The molecule has 0 aromatic rings. The van der Waals surface area contributed by atoms with Gasteiger partial charge < -0.3 is 20.6 Å². The maximum absolute atomic E-state index is 11.2. The molecule has 0 aromatic carbocycles. The van der Waals surface area contributed by atoms with Crippen molar-refractivity contribution >= 4 is 17.9 Å². The summed E-state index contributed by atoms with van der Waals surface area (Å²) in [4.78, 5) is 32.8. The van der Waals surface area contributed by atoms with Gasteiger partial charge in [0, 0.05) is 18.0 Å². The number of carboxylic acids is 3. The summed E-state index contributed by atoms with van der Waals surface area (Å²) in [5.41, 5.74) is 1.11. The van der Waals surface area contributed by atoms with Crippen LogP contribution in [0.4, 0.5) is 0 Å². The minimum absolute atomic E-state index is 0.185. The lowest BCUT2D eigenvalue weighted by Gasteiger charge is -2.20. The highest BCUT2D eigenvalue weighted by molar-refractivity contribution is 5.85. The molecule has 0 spiro atoms. The van der Waals surface area contributed by atoms with Crippen molar-refractivity contribution in [2.75, 3.05) is 6.54 Å². The summed E-state index contributed by atoms with van der Waals surface area (Å²) in [6.45, 7) is 3.71. The number of carboxylic acid groups (broad SMARTS) is 3. The number of carbonyl (C=O) groups is 3. The minimum atomic E-state index is -1.05. The molecule has 4 N–H and O–H groups in total. The fourth-order valence-electron chi connectivity index (χ4n) is 2.68. The maximum atomic E-state index is 11.2. The zero-order valence-corrected chi connectivity index (χ0v) is 12.6. The fourth-order valence-corrected chi connectivity index (χ4v) is 2.68. The molecule has 1 saturated heterocycles. The van der Waals surface area contributed by atoms with Gasteiger partial charge in [-0.05, 0) is 26.2 Å². The first kappa shape index (κ1) is 17.9. The summed E-state index contributed by atoms with van der Waals surface area (Å²) in [7, 11) is 0. The van der Waals surface area contributed by atoms with Crippen molar-refractivity contribution in [1.82, 2.24) is 5.32 Å². The third-order valence-corrected chi connectivity index (χ3v) is 3.97. The first-order chi connectivity index (χ1) is 10.2. The minimum Gasteiger partial charge on any atom is -0.481 e. The summed E-state index contributed by atoms with van der Waals surface area (Å²) in [6.07, 6.45) is 3.58. The summed E-state index contributed by atoms with van der Waals surface area (Å²) >= 11 is 0. The van der Waals surface area contributed by atoms with Crippen LogP contribution < -0.4 is 5.32 Å². The van der Waals surface area contributed by atoms with Crippen LogP contribution >= 0.6 is 0 Å². The van der Waals surface area contributed by atoms with Gasteiger partial charge >= 0.3 is 17.9 Å². The molecule has 7 heteroatoms. The van der Waals surface area contributed by atoms with E-state index in [4.69, 9.17) is 15.3 Å². The largest absolute Gasteiger partial charge is 0.481 e. The second-order valence-corrected chi connectivity index (χ2v) is 5.47. The lowest BCUT2D eigenvalue weighted by atomic mass is 9.83. The van der Waals surface area contributed by atoms with Gasteiger partial charge in [0.25, 0.3) is 0 Å². The number of hydrogen-bond donors (Lipinski definition) is 4. The Bertz CT molecular complexity index is 522. The van der Waals surface area contributed by atoms with E-state index in [1.165, 1.54) is 6.92 Å². The van der Waals surface area contributed by atoms with Crippen LogP contribution in [0.3, 0.4) is 0 Å². The zero-order valence-electron chi connectivity index (χ0n) is 12.6. The van der Waals surface area contributed by atoms with E-state index >= 15 is 0 Å². The molecule has 1 aliphatic rings. The van der Waals surface area contributed by atoms with Crippen LogP contribution in [0.25, 0.3) is 0 Å². The normalized spacial score (nSPS) is 26.0. The van der Waals surface area contributed by atoms with Crippen LogP contribution in [0.2, 0.25) is 0 Å². The van der Waals surface area contributed by atoms with Crippen molar-refractivity contribution in [3.05, 3.63) is 23.3 Å². The number of allylic oxidation sites excluding steroid dienone is 2. The third kappa shape index (κ3) is 4.70. The quantitative estimate of drug-likeness (QED) is 0.410. The van der Waals surface area contributed by atoms with Gasteiger partial charge in [0.05, 0.1) is 6.42 Å². The molecular formula is C15H21NO6. The van der Waals surface area contributed by atoms with Crippen molar-refractivity contribution in [2.45, 2.75) is 32.7 Å². The van der Waals surface area contributed by atoms with Gasteiger partial charge in [0.1, 0.15) is 6.04 Å². The molecule has 122 valence electrons. The second kappa shape index (κ2) is 7.74. The topological polar surface area (TPSA) is 124 Å². The Kier molecular flexibility index (Phi) is 6.30. The van der Waals surface area contributed by atoms with Gasteiger partial charge in [-0.3, -0.25) is 9.59 Å². The number of hydrogen-bond acceptors (Lipinski definition) is 4. The first-order valence-electron chi connectivity index (χ1n) is 6.98. The number of rotatable bonds is 7. The molecule has 0 saturated carbocycles. The first-order valence-corrected chi connectivity index (χ1v) is 6.98. The van der Waals surface area contributed by atoms with Crippen molar-refractivity contribution in [1.29, 1.82) is 0 Å². The summed E-state index contributed by atoms with van der Waals surface area (Å²) < 4.78 is 0. The van der Waals surface area contributed by atoms with Crippen molar-refractivity contribution < 1.29 is 29.7 Å². The Hall–Kier alpha value is -2.15. The van der Waals surface area contributed by atoms with Gasteiger partial charge in [0.2, 0.25) is 0 Å². The molecular weight excluding hydrogens is 290 g/mol. The van der Waals surface area contributed by atoms with Gasteiger partial charge in [-0.25, -0.2) is 4.79 Å². The molecule has 0 amide bonds. The Labute approximate surface area is 128 Å². The lowest BCUT2D eigenvalue weighted by molar-refractivity contribution is -0.142. The van der Waals surface area contributed by atoms with Crippen LogP contribution in [-0.2, 0) is 14.4 Å². The van der Waals surface area contributed by atoms with Crippen LogP contribution in [-0.4, -0.2) is 45.8 Å². The van der Waals surface area contributed by atoms with E-state index in [2.05, 4.69) is 5.32 Å². The fraction of sp³-hybridized carbons (Fsp3) is 0.533. The molecule has 1 aliphatic heterocycles. The molecule has 0 aliphatic carbocycles. The average Bonchev–Trinajstić information content (AvgIpc) is 2.81. The smallest absolute Gasteiger partial charge is 0.330 e. The molecule has 1 fully saturated rings. The van der Waals surface area contributed by atoms with Crippen LogP contribution in [0.5, 0.6) is 0 Å². The molecule has 0 unspecified atom stereocenters. The molecule has 1 heterocycles. The standard InChI is InChI=1S/C15H21NO6/c1-8(4-3-5-9(2)14(19)20)11-7-16-13(15(21)22)10(11)6-12(17)18/h4-5,10-11,13,16H,3,6-7H2,1-2H3,(H,17,18)(H,19,20)(H,21,22)/b8-4+,9-5-/t10-,11+,13-/m0/s1. The van der Waals surface area contributed by atoms with Gasteiger partial charge in [-0.15, -0.1) is 0 Å². The van der Waals surface area contributed by atoms with Crippen LogP contribution in [0.15, 0.2) is 23.3 Å². The molecule has 0 bridgehead atoms. The van der Waals surface area contributed by atoms with E-state index in [0.717, 1.165) is 5.57 Å². The molecule has 7 nitrogen and oxygen atoms in total. The van der Waals surface area contributed by atoms with Crippen LogP contribution in [0, 0.1) is 11.8 Å². The average molecular weight is 311 g/mol. The number of aliphatic carboxylic acids is 3. The highest BCUT2D eigenvalue weighted by Crippen LogP contribution is 2.31. The molecule has 1 rings (SSSR count). The van der Waals surface area contributed by atoms with E-state index in [9.17, 15) is 14.4 Å². The van der Waals surface area contributed by atoms with Crippen LogP contribution in [0.1, 0.15) is 26.7 Å². The summed E-state index contributed by atoms with van der Waals surface area (Å²) in [5, 5.41) is 29.7. The van der Waals surface area contributed by atoms with E-state index in [0.29, 0.717) is 13.0 Å². The lowest BCUT2D eigenvalue weighted by Crippen LogP contribution is -2.36. The van der Waals surface area contributed by atoms with E-state index < -0.39 is 29.9 Å².